The Balaban J connectivity index is 0.00000208. The lowest BCUT2D eigenvalue weighted by Gasteiger charge is -2.24. The normalized spacial score (nSPS) is 17.8. The quantitative estimate of drug-likeness (QED) is 0.682. The van der Waals surface area contributed by atoms with Gasteiger partial charge in [-0.05, 0) is 55.8 Å². The van der Waals surface area contributed by atoms with Gasteiger partial charge in [-0.3, -0.25) is 0 Å². The minimum absolute atomic E-state index is 0. The van der Waals surface area contributed by atoms with Gasteiger partial charge in [-0.25, -0.2) is 14.3 Å². The Bertz CT molecular complexity index is 753. The molecule has 3 rings (SSSR count). The maximum atomic E-state index is 12.2. The number of likely N-dealkylation sites (tertiary alicyclic amines) is 1. The van der Waals surface area contributed by atoms with Crippen LogP contribution in [0, 0.1) is 3.57 Å². The maximum Gasteiger partial charge on any atom is 0.410 e. The predicted octanol–water partition coefficient (Wildman–Crippen LogP) is 3.28. The van der Waals surface area contributed by atoms with Gasteiger partial charge in [-0.1, -0.05) is 7.43 Å². The van der Waals surface area contributed by atoms with E-state index in [1.165, 1.54) is 6.33 Å². The van der Waals surface area contributed by atoms with Crippen LogP contribution in [0.15, 0.2) is 12.4 Å². The minimum Gasteiger partial charge on any atom is -0.444 e. The summed E-state index contributed by atoms with van der Waals surface area (Å²) >= 11 is 2.24. The van der Waals surface area contributed by atoms with Crippen LogP contribution in [-0.4, -0.2) is 44.3 Å². The fourth-order valence-electron chi connectivity index (χ4n) is 2.83. The Hall–Kier alpha value is -1.58. The number of carbonyl (C=O) groups is 1. The molecular formula is C16H24IN5O2. The number of ether oxygens (including phenoxy) is 1. The highest BCUT2D eigenvalue weighted by Gasteiger charge is 2.32. The molecule has 1 atom stereocenters. The number of fused-ring (bicyclic) bond motifs is 1. The Labute approximate surface area is 155 Å². The third kappa shape index (κ3) is 3.57. The van der Waals surface area contributed by atoms with Gasteiger partial charge in [0.2, 0.25) is 0 Å². The highest BCUT2D eigenvalue weighted by atomic mass is 127. The van der Waals surface area contributed by atoms with Crippen molar-refractivity contribution in [2.75, 3.05) is 18.8 Å². The van der Waals surface area contributed by atoms with Gasteiger partial charge >= 0.3 is 6.09 Å². The van der Waals surface area contributed by atoms with E-state index < -0.39 is 5.60 Å². The SMILES string of the molecule is C.CC(C)(C)OC(=O)N1CC[C@@H](c2cc(I)c3c(N)ncnn23)C1. The molecule has 1 aliphatic rings. The fraction of sp³-hybridized carbons (Fsp3) is 0.562. The number of nitrogen functional groups attached to an aromatic ring is 1. The van der Waals surface area contributed by atoms with Crippen molar-refractivity contribution in [3.63, 3.8) is 0 Å². The Morgan fingerprint density at radius 2 is 2.17 bits per heavy atom. The van der Waals surface area contributed by atoms with Gasteiger partial charge in [0, 0.05) is 28.3 Å². The molecule has 3 heterocycles. The first-order chi connectivity index (χ1) is 10.8. The summed E-state index contributed by atoms with van der Waals surface area (Å²) in [5.74, 6) is 0.686. The third-order valence-corrected chi connectivity index (χ3v) is 4.64. The van der Waals surface area contributed by atoms with E-state index in [0.29, 0.717) is 18.9 Å². The molecule has 0 bridgehead atoms. The van der Waals surface area contributed by atoms with Crippen LogP contribution in [0.25, 0.3) is 5.52 Å². The molecule has 0 unspecified atom stereocenters. The summed E-state index contributed by atoms with van der Waals surface area (Å²) in [7, 11) is 0. The van der Waals surface area contributed by atoms with E-state index >= 15 is 0 Å². The molecule has 1 saturated heterocycles. The van der Waals surface area contributed by atoms with Crippen LogP contribution in [0.2, 0.25) is 0 Å². The molecule has 1 amide bonds. The first-order valence-electron chi connectivity index (χ1n) is 7.52. The molecular weight excluding hydrogens is 421 g/mol. The topological polar surface area (TPSA) is 85.8 Å². The largest absolute Gasteiger partial charge is 0.444 e. The van der Waals surface area contributed by atoms with Gasteiger partial charge < -0.3 is 15.4 Å². The number of nitrogens with two attached hydrogens (primary N) is 1. The van der Waals surface area contributed by atoms with Crippen molar-refractivity contribution in [1.29, 1.82) is 0 Å². The van der Waals surface area contributed by atoms with Crippen LogP contribution < -0.4 is 5.73 Å². The van der Waals surface area contributed by atoms with Crippen molar-refractivity contribution in [3.8, 4) is 0 Å². The molecule has 1 aliphatic heterocycles. The summed E-state index contributed by atoms with van der Waals surface area (Å²) in [6.07, 6.45) is 2.08. The number of nitrogens with zero attached hydrogens (tertiary/aromatic N) is 4. The zero-order valence-electron chi connectivity index (χ0n) is 13.4. The Kier molecular flexibility index (Phi) is 5.26. The Morgan fingerprint density at radius 1 is 1.46 bits per heavy atom. The molecule has 0 saturated carbocycles. The number of hydrogen-bond donors (Lipinski definition) is 1. The maximum absolute atomic E-state index is 12.2. The van der Waals surface area contributed by atoms with E-state index in [4.69, 9.17) is 10.5 Å². The lowest BCUT2D eigenvalue weighted by atomic mass is 10.1. The standard InChI is InChI=1S/C15H20IN5O2.CH4/c1-15(2,3)23-14(22)20-5-4-9(7-20)11-6-10(16)12-13(17)18-8-19-21(11)12;/h6,8-9H,4-5,7H2,1-3H3,(H2,17,18,19);1H4/t9-;/m1./s1. The number of carbonyl (C=O) groups excluding carboxylic acids is 1. The first-order valence-corrected chi connectivity index (χ1v) is 8.59. The molecule has 24 heavy (non-hydrogen) atoms. The fourth-order valence-corrected chi connectivity index (χ4v) is 3.65. The predicted molar refractivity (Wildman–Crippen MR) is 102 cm³/mol. The van der Waals surface area contributed by atoms with Crippen molar-refractivity contribution in [1.82, 2.24) is 19.5 Å². The average molecular weight is 445 g/mol. The van der Waals surface area contributed by atoms with Crippen molar-refractivity contribution in [2.24, 2.45) is 0 Å². The number of aromatic nitrogens is 3. The van der Waals surface area contributed by atoms with Crippen LogP contribution in [0.3, 0.4) is 0 Å². The molecule has 132 valence electrons. The number of anilines is 1. The molecule has 0 aromatic carbocycles. The summed E-state index contributed by atoms with van der Waals surface area (Å²) in [6.45, 7) is 6.94. The zero-order valence-corrected chi connectivity index (χ0v) is 15.6. The highest BCUT2D eigenvalue weighted by molar-refractivity contribution is 14.1. The molecule has 2 aromatic heterocycles. The average Bonchev–Trinajstić information content (AvgIpc) is 3.02. The Morgan fingerprint density at radius 3 is 2.83 bits per heavy atom. The number of hydrogen-bond acceptors (Lipinski definition) is 5. The molecule has 7 nitrogen and oxygen atoms in total. The smallest absolute Gasteiger partial charge is 0.410 e. The number of halogens is 1. The number of amides is 1. The highest BCUT2D eigenvalue weighted by Crippen LogP contribution is 2.32. The lowest BCUT2D eigenvalue weighted by Crippen LogP contribution is -2.35. The van der Waals surface area contributed by atoms with E-state index in [9.17, 15) is 4.79 Å². The van der Waals surface area contributed by atoms with Gasteiger partial charge in [-0.2, -0.15) is 5.10 Å². The molecule has 1 fully saturated rings. The van der Waals surface area contributed by atoms with Gasteiger partial charge in [0.15, 0.2) is 5.82 Å². The van der Waals surface area contributed by atoms with Gasteiger partial charge in [0.25, 0.3) is 0 Å². The van der Waals surface area contributed by atoms with Crippen LogP contribution in [0.5, 0.6) is 0 Å². The van der Waals surface area contributed by atoms with Crippen LogP contribution in [0.1, 0.15) is 46.2 Å². The second-order valence-corrected chi connectivity index (χ2v) is 7.90. The third-order valence-electron chi connectivity index (χ3n) is 3.82. The van der Waals surface area contributed by atoms with Gasteiger partial charge in [0.05, 0.1) is 0 Å². The van der Waals surface area contributed by atoms with Crippen LogP contribution in [0.4, 0.5) is 10.6 Å². The van der Waals surface area contributed by atoms with E-state index in [0.717, 1.165) is 21.2 Å². The summed E-state index contributed by atoms with van der Waals surface area (Å²) in [5, 5.41) is 4.32. The summed E-state index contributed by atoms with van der Waals surface area (Å²) < 4.78 is 8.31. The second kappa shape index (κ2) is 6.73. The first kappa shape index (κ1) is 18.8. The van der Waals surface area contributed by atoms with E-state index in [1.54, 1.807) is 4.90 Å². The summed E-state index contributed by atoms with van der Waals surface area (Å²) in [4.78, 5) is 18.0. The van der Waals surface area contributed by atoms with Gasteiger partial charge in [-0.15, -0.1) is 0 Å². The van der Waals surface area contributed by atoms with Crippen molar-refractivity contribution < 1.29 is 9.53 Å². The van der Waals surface area contributed by atoms with Gasteiger partial charge in [0.1, 0.15) is 17.4 Å². The lowest BCUT2D eigenvalue weighted by molar-refractivity contribution is 0.0292. The second-order valence-electron chi connectivity index (χ2n) is 6.73. The molecule has 2 aromatic rings. The van der Waals surface area contributed by atoms with Crippen molar-refractivity contribution in [2.45, 2.75) is 46.1 Å². The molecule has 0 spiro atoms. The van der Waals surface area contributed by atoms with Crippen LogP contribution >= 0.6 is 22.6 Å². The van der Waals surface area contributed by atoms with E-state index in [1.807, 2.05) is 25.3 Å². The van der Waals surface area contributed by atoms with E-state index in [2.05, 4.69) is 38.7 Å². The zero-order chi connectivity index (χ0) is 16.8. The number of rotatable bonds is 1. The van der Waals surface area contributed by atoms with Crippen molar-refractivity contribution in [3.05, 3.63) is 21.7 Å². The molecule has 0 radical (unpaired) electrons. The monoisotopic (exact) mass is 445 g/mol. The van der Waals surface area contributed by atoms with Crippen LogP contribution in [-0.2, 0) is 4.74 Å². The summed E-state index contributed by atoms with van der Waals surface area (Å²) in [6, 6.07) is 2.07. The molecule has 0 aliphatic carbocycles. The minimum atomic E-state index is -0.478. The summed E-state index contributed by atoms with van der Waals surface area (Å²) in [5.41, 5.74) is 7.37. The molecule has 8 heteroatoms. The molecule has 2 N–H and O–H groups in total. The van der Waals surface area contributed by atoms with E-state index in [-0.39, 0.29) is 19.4 Å². The van der Waals surface area contributed by atoms with Crippen molar-refractivity contribution >= 4 is 40.0 Å².